The van der Waals surface area contributed by atoms with E-state index in [1.54, 1.807) is 52.2 Å². The second kappa shape index (κ2) is 14.2. The molecule has 264 valence electrons. The predicted molar refractivity (Wildman–Crippen MR) is 193 cm³/mol. The maximum Gasteiger partial charge on any atom is 0.334 e. The fraction of sp³-hybridized carbons (Fsp3) is 0.436. The fourth-order valence-corrected chi connectivity index (χ4v) is 7.60. The van der Waals surface area contributed by atoms with Crippen LogP contribution < -0.4 is 18.8 Å². The van der Waals surface area contributed by atoms with Crippen molar-refractivity contribution in [1.82, 2.24) is 24.1 Å². The number of nitrogens with zero attached hydrogens (tertiary/aromatic N) is 5. The number of hydrogen-bond donors (Lipinski definition) is 0. The highest BCUT2D eigenvalue weighted by atomic mass is 16.5. The molecule has 1 aromatic heterocycles. The number of para-hydroxylation sites is 2. The van der Waals surface area contributed by atoms with Crippen molar-refractivity contribution in [2.24, 2.45) is 5.92 Å². The van der Waals surface area contributed by atoms with Gasteiger partial charge in [0.15, 0.2) is 11.5 Å². The Balaban J connectivity index is 1.15. The van der Waals surface area contributed by atoms with E-state index in [0.717, 1.165) is 50.8 Å². The van der Waals surface area contributed by atoms with Gasteiger partial charge in [-0.15, -0.1) is 0 Å². The smallest absolute Gasteiger partial charge is 0.334 e. The third-order valence-corrected chi connectivity index (χ3v) is 10.8. The van der Waals surface area contributed by atoms with E-state index in [2.05, 4.69) is 29.2 Å². The van der Waals surface area contributed by atoms with Crippen LogP contribution in [0.25, 0.3) is 11.0 Å². The van der Waals surface area contributed by atoms with Gasteiger partial charge in [0, 0.05) is 30.0 Å². The summed E-state index contributed by atoms with van der Waals surface area (Å²) in [4.78, 5) is 49.7. The first-order valence-electron chi connectivity index (χ1n) is 17.3. The molecular weight excluding hydrogens is 634 g/mol. The molecule has 3 aromatic carbocycles. The number of imidazole rings is 1. The summed E-state index contributed by atoms with van der Waals surface area (Å²) >= 11 is 0. The van der Waals surface area contributed by atoms with Gasteiger partial charge < -0.3 is 24.0 Å². The number of Topliss-reactive ketones (excluding diaryl/α,β-unsaturated/α-hetero) is 1. The molecule has 2 aliphatic rings. The molecule has 0 radical (unpaired) electrons. The number of benzene rings is 3. The van der Waals surface area contributed by atoms with Crippen LogP contribution in [0.15, 0.2) is 66.7 Å². The van der Waals surface area contributed by atoms with Crippen LogP contribution in [-0.2, 0) is 10.2 Å². The topological polar surface area (TPSA) is 103 Å². The van der Waals surface area contributed by atoms with E-state index in [9.17, 15) is 14.4 Å². The van der Waals surface area contributed by atoms with Gasteiger partial charge in [0.05, 0.1) is 47.9 Å². The molecule has 2 saturated heterocycles. The van der Waals surface area contributed by atoms with E-state index in [0.29, 0.717) is 47.2 Å². The molecule has 1 unspecified atom stereocenters. The van der Waals surface area contributed by atoms with Gasteiger partial charge >= 0.3 is 5.91 Å². The van der Waals surface area contributed by atoms with Crippen LogP contribution >= 0.6 is 0 Å². The van der Waals surface area contributed by atoms with E-state index in [-0.39, 0.29) is 33.5 Å². The highest BCUT2D eigenvalue weighted by molar-refractivity contribution is 5.99. The Morgan fingerprint density at radius 3 is 2.14 bits per heavy atom. The first-order valence-corrected chi connectivity index (χ1v) is 17.3. The first-order chi connectivity index (χ1) is 24.0. The van der Waals surface area contributed by atoms with Crippen molar-refractivity contribution >= 4 is 28.6 Å². The average Bonchev–Trinajstić information content (AvgIpc) is 3.77. The van der Waals surface area contributed by atoms with Gasteiger partial charge in [-0.1, -0.05) is 42.5 Å². The van der Waals surface area contributed by atoms with Crippen molar-refractivity contribution in [2.45, 2.75) is 38.0 Å². The van der Waals surface area contributed by atoms with Gasteiger partial charge in [0.25, 0.3) is 5.91 Å². The van der Waals surface area contributed by atoms with Crippen LogP contribution in [0.4, 0.5) is 0 Å². The van der Waals surface area contributed by atoms with Gasteiger partial charge in [-0.05, 0) is 75.1 Å². The van der Waals surface area contributed by atoms with Crippen LogP contribution in [0.3, 0.4) is 0 Å². The molecular formula is C39H48N5O6+. The lowest BCUT2D eigenvalue weighted by atomic mass is 9.76. The van der Waals surface area contributed by atoms with Crippen LogP contribution in [0.1, 0.15) is 59.1 Å². The minimum Gasteiger partial charge on any atom is -0.493 e. The van der Waals surface area contributed by atoms with Crippen molar-refractivity contribution in [3.8, 4) is 17.2 Å². The molecule has 3 heterocycles. The van der Waals surface area contributed by atoms with Gasteiger partial charge in [0.2, 0.25) is 17.4 Å². The quantitative estimate of drug-likeness (QED) is 0.160. The molecule has 0 N–H and O–H groups in total. The van der Waals surface area contributed by atoms with Gasteiger partial charge in [-0.25, -0.2) is 9.78 Å². The highest BCUT2D eigenvalue weighted by Gasteiger charge is 2.42. The van der Waals surface area contributed by atoms with Gasteiger partial charge in [0.1, 0.15) is 5.52 Å². The third-order valence-electron chi connectivity index (χ3n) is 10.8. The predicted octanol–water partition coefficient (Wildman–Crippen LogP) is 5.08. The molecule has 2 amide bonds. The minimum absolute atomic E-state index is 0.00852. The second-order valence-electron chi connectivity index (χ2n) is 13.9. The standard InChI is InChI=1S/C39H48N5O6/c1-27(45)44(2,3)43-32-15-11-10-14-31(32)40-37(43)35(46)28-16-20-41(21-17-28)22-18-39(30-12-8-7-9-13-30)19-23-42(26-39)38(47)29-24-33(48-4)36(50-6)34(25-29)49-5/h7-15,24-25,28H,16-23,26H2,1-6H3/q+1. The summed E-state index contributed by atoms with van der Waals surface area (Å²) in [5, 5.41) is 0. The highest BCUT2D eigenvalue weighted by Crippen LogP contribution is 2.41. The number of quaternary nitrogens is 1. The molecule has 0 saturated carbocycles. The Morgan fingerprint density at radius 2 is 1.52 bits per heavy atom. The number of amides is 2. The first kappa shape index (κ1) is 35.1. The molecule has 2 aliphatic heterocycles. The lowest BCUT2D eigenvalue weighted by molar-refractivity contribution is -0.131. The Hall–Kier alpha value is -4.74. The van der Waals surface area contributed by atoms with E-state index >= 15 is 0 Å². The fourth-order valence-electron chi connectivity index (χ4n) is 7.60. The van der Waals surface area contributed by atoms with Crippen LogP contribution in [0.2, 0.25) is 0 Å². The Kier molecular flexibility index (Phi) is 10.00. The lowest BCUT2D eigenvalue weighted by Crippen LogP contribution is -2.55. The maximum absolute atomic E-state index is 14.0. The number of hydrogen-bond acceptors (Lipinski definition) is 8. The van der Waals surface area contributed by atoms with Crippen LogP contribution in [0, 0.1) is 5.92 Å². The Bertz CT molecular complexity index is 1860. The molecule has 0 aliphatic carbocycles. The summed E-state index contributed by atoms with van der Waals surface area (Å²) in [7, 11) is 8.23. The van der Waals surface area contributed by atoms with Crippen molar-refractivity contribution in [2.75, 3.05) is 68.1 Å². The maximum atomic E-state index is 14.0. The van der Waals surface area contributed by atoms with Crippen LogP contribution in [0.5, 0.6) is 17.2 Å². The van der Waals surface area contributed by atoms with Crippen molar-refractivity contribution in [3.63, 3.8) is 0 Å². The summed E-state index contributed by atoms with van der Waals surface area (Å²) in [6, 6.07) is 21.5. The number of carbonyl (C=O) groups is 3. The number of ketones is 1. The molecule has 4 aromatic rings. The number of ether oxygens (including phenoxy) is 3. The second-order valence-corrected chi connectivity index (χ2v) is 13.9. The van der Waals surface area contributed by atoms with Gasteiger partial charge in [-0.2, -0.15) is 9.27 Å². The molecule has 2 fully saturated rings. The number of carbonyl (C=O) groups excluding carboxylic acids is 3. The Labute approximate surface area is 293 Å². The van der Waals surface area contributed by atoms with E-state index in [4.69, 9.17) is 19.2 Å². The number of aromatic nitrogens is 2. The molecule has 6 rings (SSSR count). The number of methoxy groups -OCH3 is 3. The summed E-state index contributed by atoms with van der Waals surface area (Å²) < 4.78 is 18.2. The number of likely N-dealkylation sites (tertiary alicyclic amines) is 2. The third kappa shape index (κ3) is 6.47. The largest absolute Gasteiger partial charge is 0.493 e. The van der Waals surface area contributed by atoms with Crippen molar-refractivity contribution in [1.29, 1.82) is 0 Å². The summed E-state index contributed by atoms with van der Waals surface area (Å²) in [5.74, 6) is 1.36. The number of fused-ring (bicyclic) bond motifs is 1. The van der Waals surface area contributed by atoms with Crippen LogP contribution in [-0.4, -0.2) is 105 Å². The zero-order chi connectivity index (χ0) is 35.6. The molecule has 0 bridgehead atoms. The summed E-state index contributed by atoms with van der Waals surface area (Å²) in [6.07, 6.45) is 3.18. The van der Waals surface area contributed by atoms with E-state index in [1.807, 2.05) is 35.2 Å². The number of piperidine rings is 1. The lowest BCUT2D eigenvalue weighted by Gasteiger charge is -2.36. The average molecular weight is 683 g/mol. The minimum atomic E-state index is -0.203. The molecule has 50 heavy (non-hydrogen) atoms. The molecule has 0 spiro atoms. The molecule has 11 heteroatoms. The van der Waals surface area contributed by atoms with Crippen molar-refractivity contribution < 1.29 is 28.6 Å². The molecule has 1 atom stereocenters. The van der Waals surface area contributed by atoms with E-state index < -0.39 is 0 Å². The summed E-state index contributed by atoms with van der Waals surface area (Å²) in [6.45, 7) is 5.21. The SMILES string of the molecule is COc1cc(C(=O)N2CCC(CCN3CCC(C(=O)c4nc5ccccc5n4[N+](C)(C)C(C)=O)CC3)(c3ccccc3)C2)cc(OC)c1OC. The molecule has 11 nitrogen and oxygen atoms in total. The summed E-state index contributed by atoms with van der Waals surface area (Å²) in [5.41, 5.74) is 3.01. The van der Waals surface area contributed by atoms with Crippen molar-refractivity contribution in [3.05, 3.63) is 83.7 Å². The zero-order valence-electron chi connectivity index (χ0n) is 30.0. The Morgan fingerprint density at radius 1 is 0.880 bits per heavy atom. The zero-order valence-corrected chi connectivity index (χ0v) is 30.0. The number of rotatable bonds is 11. The normalized spacial score (nSPS) is 18.7. The van der Waals surface area contributed by atoms with E-state index in [1.165, 1.54) is 12.5 Å². The van der Waals surface area contributed by atoms with Gasteiger partial charge in [-0.3, -0.25) is 9.59 Å². The monoisotopic (exact) mass is 682 g/mol.